The van der Waals surface area contributed by atoms with Crippen molar-refractivity contribution >= 4 is 5.97 Å². The van der Waals surface area contributed by atoms with E-state index in [0.717, 1.165) is 5.75 Å². The van der Waals surface area contributed by atoms with E-state index < -0.39 is 0 Å². The third kappa shape index (κ3) is 6.58. The summed E-state index contributed by atoms with van der Waals surface area (Å²) in [4.78, 5) is 11.4. The Morgan fingerprint density at radius 3 is 2.35 bits per heavy atom. The van der Waals surface area contributed by atoms with Gasteiger partial charge in [0.1, 0.15) is 19.0 Å². The van der Waals surface area contributed by atoms with E-state index in [0.29, 0.717) is 17.6 Å². The second-order valence-corrected chi connectivity index (χ2v) is 4.83. The number of esters is 1. The quantitative estimate of drug-likeness (QED) is 0.426. The summed E-state index contributed by atoms with van der Waals surface area (Å²) in [5, 5.41) is 0. The van der Waals surface area contributed by atoms with Crippen LogP contribution in [0.2, 0.25) is 0 Å². The molecular weight excluding hydrogens is 218 g/mol. The number of hydrogen-bond acceptors (Lipinski definition) is 3. The second kappa shape index (κ2) is 6.25. The molecule has 0 aliphatic carbocycles. The van der Waals surface area contributed by atoms with Crippen LogP contribution >= 0.6 is 0 Å². The Morgan fingerprint density at radius 1 is 1.12 bits per heavy atom. The fourth-order valence-electron chi connectivity index (χ4n) is 1.26. The maximum Gasteiger partial charge on any atom is 0.361 e. The zero-order valence-corrected chi connectivity index (χ0v) is 10.7. The summed E-state index contributed by atoms with van der Waals surface area (Å²) in [7, 11) is 5.84. The Balaban J connectivity index is 2.14. The topological polar surface area (TPSA) is 35.5 Å². The van der Waals surface area contributed by atoms with Gasteiger partial charge in [0.2, 0.25) is 0 Å². The molecule has 0 spiro atoms. The first-order valence-corrected chi connectivity index (χ1v) is 5.61. The lowest BCUT2D eigenvalue weighted by molar-refractivity contribution is -0.862. The van der Waals surface area contributed by atoms with Crippen LogP contribution in [0.4, 0.5) is 0 Å². The number of para-hydroxylation sites is 1. The Morgan fingerprint density at radius 2 is 1.76 bits per heavy atom. The van der Waals surface area contributed by atoms with E-state index in [4.69, 9.17) is 9.47 Å². The smallest absolute Gasteiger partial charge is 0.361 e. The second-order valence-electron chi connectivity index (χ2n) is 4.83. The lowest BCUT2D eigenvalue weighted by Gasteiger charge is -2.22. The summed E-state index contributed by atoms with van der Waals surface area (Å²) in [5.41, 5.74) is 0. The van der Waals surface area contributed by atoms with Gasteiger partial charge >= 0.3 is 5.97 Å². The van der Waals surface area contributed by atoms with Crippen LogP contribution in [0.3, 0.4) is 0 Å². The van der Waals surface area contributed by atoms with Crippen LogP contribution < -0.4 is 4.74 Å². The molecule has 0 aliphatic rings. The van der Waals surface area contributed by atoms with Crippen molar-refractivity contribution in [3.05, 3.63) is 30.3 Å². The third-order valence-electron chi connectivity index (χ3n) is 1.96. The Hall–Kier alpha value is -1.55. The molecule has 0 unspecified atom stereocenters. The normalized spacial score (nSPS) is 11.0. The van der Waals surface area contributed by atoms with E-state index >= 15 is 0 Å². The number of benzene rings is 1. The van der Waals surface area contributed by atoms with E-state index in [1.165, 1.54) is 0 Å². The van der Waals surface area contributed by atoms with Crippen LogP contribution in [-0.2, 0) is 9.53 Å². The first-order valence-electron chi connectivity index (χ1n) is 5.61. The molecule has 0 saturated carbocycles. The largest absolute Gasteiger partial charge is 0.490 e. The summed E-state index contributed by atoms with van der Waals surface area (Å²) in [6, 6.07) is 9.46. The van der Waals surface area contributed by atoms with Gasteiger partial charge in [-0.15, -0.1) is 0 Å². The molecule has 1 rings (SSSR count). The Labute approximate surface area is 102 Å². The SMILES string of the molecule is C[N+](C)(C)CC(=O)OCCOc1ccccc1. The van der Waals surface area contributed by atoms with Crippen LogP contribution in [0, 0.1) is 0 Å². The number of ether oxygens (including phenoxy) is 2. The van der Waals surface area contributed by atoms with E-state index in [1.807, 2.05) is 51.5 Å². The number of nitrogens with zero attached hydrogens (tertiary/aromatic N) is 1. The van der Waals surface area contributed by atoms with Crippen LogP contribution in [-0.4, -0.2) is 51.4 Å². The van der Waals surface area contributed by atoms with Crippen molar-refractivity contribution in [1.82, 2.24) is 0 Å². The van der Waals surface area contributed by atoms with Crippen LogP contribution in [0.1, 0.15) is 0 Å². The molecule has 0 N–H and O–H groups in total. The van der Waals surface area contributed by atoms with Crippen LogP contribution in [0.25, 0.3) is 0 Å². The molecule has 0 radical (unpaired) electrons. The van der Waals surface area contributed by atoms with Crippen molar-refractivity contribution in [2.24, 2.45) is 0 Å². The van der Waals surface area contributed by atoms with E-state index in [2.05, 4.69) is 0 Å². The van der Waals surface area contributed by atoms with Crippen LogP contribution in [0.15, 0.2) is 30.3 Å². The first-order chi connectivity index (χ1) is 7.97. The van der Waals surface area contributed by atoms with Crippen molar-refractivity contribution in [3.63, 3.8) is 0 Å². The minimum absolute atomic E-state index is 0.200. The van der Waals surface area contributed by atoms with Gasteiger partial charge in [0, 0.05) is 0 Å². The molecule has 0 heterocycles. The van der Waals surface area contributed by atoms with Crippen LogP contribution in [0.5, 0.6) is 5.75 Å². The van der Waals surface area contributed by atoms with Gasteiger partial charge in [-0.3, -0.25) is 0 Å². The number of quaternary nitrogens is 1. The van der Waals surface area contributed by atoms with Gasteiger partial charge in [-0.05, 0) is 12.1 Å². The molecule has 4 heteroatoms. The van der Waals surface area contributed by atoms with Gasteiger partial charge in [0.05, 0.1) is 21.1 Å². The van der Waals surface area contributed by atoms with Crippen molar-refractivity contribution in [3.8, 4) is 5.75 Å². The fraction of sp³-hybridized carbons (Fsp3) is 0.462. The molecule has 1 aromatic carbocycles. The molecule has 0 bridgehead atoms. The van der Waals surface area contributed by atoms with Crippen molar-refractivity contribution in [1.29, 1.82) is 0 Å². The summed E-state index contributed by atoms with van der Waals surface area (Å²) in [5.74, 6) is 0.587. The van der Waals surface area contributed by atoms with Gasteiger partial charge in [0.15, 0.2) is 6.54 Å². The Bertz CT molecular complexity index is 343. The summed E-state index contributed by atoms with van der Waals surface area (Å²) >= 11 is 0. The highest BCUT2D eigenvalue weighted by molar-refractivity contribution is 5.70. The first kappa shape index (κ1) is 13.5. The average molecular weight is 238 g/mol. The Kier molecular flexibility index (Phi) is 4.97. The molecule has 94 valence electrons. The minimum Gasteiger partial charge on any atom is -0.490 e. The molecule has 0 aliphatic heterocycles. The predicted molar refractivity (Wildman–Crippen MR) is 65.8 cm³/mol. The number of carbonyl (C=O) groups excluding carboxylic acids is 1. The van der Waals surface area contributed by atoms with Gasteiger partial charge in [0.25, 0.3) is 0 Å². The third-order valence-corrected chi connectivity index (χ3v) is 1.96. The molecule has 0 saturated heterocycles. The van der Waals surface area contributed by atoms with Gasteiger partial charge in [-0.2, -0.15) is 0 Å². The highest BCUT2D eigenvalue weighted by atomic mass is 16.6. The molecule has 0 atom stereocenters. The minimum atomic E-state index is -0.200. The lowest BCUT2D eigenvalue weighted by atomic mass is 10.3. The average Bonchev–Trinajstić information content (AvgIpc) is 2.23. The number of hydrogen-bond donors (Lipinski definition) is 0. The van der Waals surface area contributed by atoms with Crippen molar-refractivity contribution < 1.29 is 18.8 Å². The fourth-order valence-corrected chi connectivity index (χ4v) is 1.26. The lowest BCUT2D eigenvalue weighted by Crippen LogP contribution is -2.40. The highest BCUT2D eigenvalue weighted by Gasteiger charge is 2.15. The van der Waals surface area contributed by atoms with E-state index in [9.17, 15) is 4.79 Å². The zero-order chi connectivity index (χ0) is 12.7. The summed E-state index contributed by atoms with van der Waals surface area (Å²) in [6.45, 7) is 1.03. The maximum atomic E-state index is 11.4. The van der Waals surface area contributed by atoms with Crippen molar-refractivity contribution in [2.45, 2.75) is 0 Å². The van der Waals surface area contributed by atoms with E-state index in [1.54, 1.807) is 0 Å². The maximum absolute atomic E-state index is 11.4. The molecule has 0 amide bonds. The number of rotatable bonds is 6. The number of likely N-dealkylation sites (N-methyl/N-ethyl adjacent to an activating group) is 1. The molecule has 0 fully saturated rings. The highest BCUT2D eigenvalue weighted by Crippen LogP contribution is 2.07. The molecule has 4 nitrogen and oxygen atoms in total. The molecular formula is C13H20NO3+. The molecule has 0 aromatic heterocycles. The monoisotopic (exact) mass is 238 g/mol. The van der Waals surface area contributed by atoms with Crippen molar-refractivity contribution in [2.75, 3.05) is 40.9 Å². The standard InChI is InChI=1S/C13H20NO3/c1-14(2,3)11-13(15)17-10-9-16-12-7-5-4-6-8-12/h4-8H,9-11H2,1-3H3/q+1. The van der Waals surface area contributed by atoms with E-state index in [-0.39, 0.29) is 12.6 Å². The van der Waals surface area contributed by atoms with Gasteiger partial charge in [-0.25, -0.2) is 4.79 Å². The molecule has 1 aromatic rings. The molecule has 17 heavy (non-hydrogen) atoms. The van der Waals surface area contributed by atoms with Gasteiger partial charge < -0.3 is 14.0 Å². The van der Waals surface area contributed by atoms with Gasteiger partial charge in [-0.1, -0.05) is 18.2 Å². The summed E-state index contributed by atoms with van der Waals surface area (Å²) in [6.07, 6.45) is 0. The number of carbonyl (C=O) groups is 1. The predicted octanol–water partition coefficient (Wildman–Crippen LogP) is 1.31. The summed E-state index contributed by atoms with van der Waals surface area (Å²) < 4.78 is 11.0. The zero-order valence-electron chi connectivity index (χ0n) is 10.7.